The van der Waals surface area contributed by atoms with Crippen LogP contribution in [0.4, 0.5) is 0 Å². The van der Waals surface area contributed by atoms with Gasteiger partial charge in [0.05, 0.1) is 18.1 Å². The third-order valence-electron chi connectivity index (χ3n) is 3.29. The number of carbonyl (C=O) groups excluding carboxylic acids is 1. The lowest BCUT2D eigenvalue weighted by atomic mass is 10.2. The Hall–Kier alpha value is -1.54. The molecule has 2 rings (SSSR count). The van der Waals surface area contributed by atoms with Crippen LogP contribution in [0, 0.1) is 11.3 Å². The van der Waals surface area contributed by atoms with Crippen LogP contribution in [0.3, 0.4) is 0 Å². The zero-order chi connectivity index (χ0) is 13.0. The molecule has 0 atom stereocenters. The van der Waals surface area contributed by atoms with Gasteiger partial charge in [-0.25, -0.2) is 0 Å². The monoisotopic (exact) mass is 264 g/mol. The molecule has 0 radical (unpaired) electrons. The molecular formula is C13H16N2O2S. The second-order valence-corrected chi connectivity index (χ2v) is 5.29. The lowest BCUT2D eigenvalue weighted by Gasteiger charge is -2.25. The van der Waals surface area contributed by atoms with E-state index in [1.807, 2.05) is 5.38 Å². The molecule has 4 nitrogen and oxygen atoms in total. The normalized spacial score (nSPS) is 15.3. The number of methoxy groups -OCH3 is 1. The van der Waals surface area contributed by atoms with Crippen LogP contribution >= 0.6 is 11.3 Å². The van der Waals surface area contributed by atoms with Crippen LogP contribution in [-0.2, 0) is 0 Å². The fourth-order valence-corrected chi connectivity index (χ4v) is 3.15. The summed E-state index contributed by atoms with van der Waals surface area (Å²) in [4.78, 5) is 14.7. The number of amides is 1. The highest BCUT2D eigenvalue weighted by atomic mass is 32.1. The van der Waals surface area contributed by atoms with Gasteiger partial charge in [0.25, 0.3) is 5.91 Å². The van der Waals surface area contributed by atoms with Crippen LogP contribution in [0.5, 0.6) is 5.75 Å². The van der Waals surface area contributed by atoms with Crippen molar-refractivity contribution in [1.29, 1.82) is 5.26 Å². The summed E-state index contributed by atoms with van der Waals surface area (Å²) < 4.78 is 5.08. The van der Waals surface area contributed by atoms with Gasteiger partial charge < -0.3 is 9.64 Å². The zero-order valence-electron chi connectivity index (χ0n) is 10.4. The number of thiophene rings is 1. The van der Waals surface area contributed by atoms with Crippen LogP contribution in [0.2, 0.25) is 0 Å². The minimum atomic E-state index is -0.0447. The van der Waals surface area contributed by atoms with Gasteiger partial charge in [-0.05, 0) is 12.8 Å². The highest BCUT2D eigenvalue weighted by Gasteiger charge is 2.28. The van der Waals surface area contributed by atoms with Crippen LogP contribution in [-0.4, -0.2) is 30.5 Å². The Morgan fingerprint density at radius 2 is 2.33 bits per heavy atom. The summed E-state index contributed by atoms with van der Waals surface area (Å²) in [6.07, 6.45) is 4.31. The molecule has 96 valence electrons. The van der Waals surface area contributed by atoms with E-state index in [9.17, 15) is 4.79 Å². The summed E-state index contributed by atoms with van der Waals surface area (Å²) in [6, 6.07) is 4.06. The van der Waals surface area contributed by atoms with Gasteiger partial charge in [0.2, 0.25) is 0 Å². The molecular weight excluding hydrogens is 248 g/mol. The maximum atomic E-state index is 12.4. The van der Waals surface area contributed by atoms with Crippen molar-refractivity contribution < 1.29 is 9.53 Å². The van der Waals surface area contributed by atoms with E-state index < -0.39 is 0 Å². The van der Waals surface area contributed by atoms with Crippen molar-refractivity contribution >= 4 is 17.2 Å². The highest BCUT2D eigenvalue weighted by molar-refractivity contribution is 7.12. The van der Waals surface area contributed by atoms with Gasteiger partial charge in [-0.15, -0.1) is 11.3 Å². The topological polar surface area (TPSA) is 53.3 Å². The number of ether oxygens (including phenoxy) is 1. The van der Waals surface area contributed by atoms with Gasteiger partial charge in [0.1, 0.15) is 12.3 Å². The lowest BCUT2D eigenvalue weighted by molar-refractivity contribution is 0.0714. The third kappa shape index (κ3) is 2.65. The maximum Gasteiger partial charge on any atom is 0.265 e. The SMILES string of the molecule is COc1csc(C(=O)N(CC#N)C2CCCC2)c1. The first-order valence-electron chi connectivity index (χ1n) is 6.06. The summed E-state index contributed by atoms with van der Waals surface area (Å²) in [5, 5.41) is 10.7. The number of hydrogen-bond acceptors (Lipinski definition) is 4. The second kappa shape index (κ2) is 5.87. The van der Waals surface area contributed by atoms with Crippen molar-refractivity contribution in [2.75, 3.05) is 13.7 Å². The van der Waals surface area contributed by atoms with Crippen LogP contribution in [0.25, 0.3) is 0 Å². The molecule has 1 amide bonds. The van der Waals surface area contributed by atoms with E-state index >= 15 is 0 Å². The smallest absolute Gasteiger partial charge is 0.265 e. The Balaban J connectivity index is 2.14. The Kier molecular flexibility index (Phi) is 4.21. The number of rotatable bonds is 4. The van der Waals surface area contributed by atoms with E-state index in [0.29, 0.717) is 10.6 Å². The van der Waals surface area contributed by atoms with Crippen molar-refractivity contribution in [3.05, 3.63) is 16.3 Å². The molecule has 0 saturated heterocycles. The summed E-state index contributed by atoms with van der Waals surface area (Å²) in [5.41, 5.74) is 0. The van der Waals surface area contributed by atoms with E-state index in [1.165, 1.54) is 11.3 Å². The molecule has 1 aliphatic carbocycles. The van der Waals surface area contributed by atoms with Gasteiger partial charge in [0.15, 0.2) is 0 Å². The first-order valence-corrected chi connectivity index (χ1v) is 6.94. The van der Waals surface area contributed by atoms with Gasteiger partial charge in [-0.1, -0.05) is 12.8 Å². The standard InChI is InChI=1S/C13H16N2O2S/c1-17-11-8-12(18-9-11)13(16)15(7-6-14)10-4-2-3-5-10/h8-10H,2-5,7H2,1H3. The molecule has 5 heteroatoms. The minimum absolute atomic E-state index is 0.0447. The Morgan fingerprint density at radius 1 is 1.61 bits per heavy atom. The Bertz CT molecular complexity index is 458. The van der Waals surface area contributed by atoms with Crippen molar-refractivity contribution in [2.24, 2.45) is 0 Å². The molecule has 1 fully saturated rings. The molecule has 0 aromatic carbocycles. The predicted molar refractivity (Wildman–Crippen MR) is 69.8 cm³/mol. The van der Waals surface area contributed by atoms with Crippen molar-refractivity contribution in [1.82, 2.24) is 4.90 Å². The molecule has 0 unspecified atom stereocenters. The summed E-state index contributed by atoms with van der Waals surface area (Å²) in [7, 11) is 1.58. The highest BCUT2D eigenvalue weighted by Crippen LogP contribution is 2.27. The average molecular weight is 264 g/mol. The zero-order valence-corrected chi connectivity index (χ0v) is 11.2. The third-order valence-corrected chi connectivity index (χ3v) is 4.19. The van der Waals surface area contributed by atoms with Gasteiger partial charge >= 0.3 is 0 Å². The minimum Gasteiger partial charge on any atom is -0.496 e. The molecule has 1 aromatic heterocycles. The lowest BCUT2D eigenvalue weighted by Crippen LogP contribution is -2.38. The summed E-state index contributed by atoms with van der Waals surface area (Å²) >= 11 is 1.37. The van der Waals surface area contributed by atoms with E-state index in [0.717, 1.165) is 25.7 Å². The summed E-state index contributed by atoms with van der Waals surface area (Å²) in [6.45, 7) is 0.170. The van der Waals surface area contributed by atoms with E-state index in [-0.39, 0.29) is 18.5 Å². The van der Waals surface area contributed by atoms with Crippen LogP contribution in [0.1, 0.15) is 35.4 Å². The van der Waals surface area contributed by atoms with Crippen molar-refractivity contribution in [3.8, 4) is 11.8 Å². The largest absolute Gasteiger partial charge is 0.496 e. The first-order chi connectivity index (χ1) is 8.76. The molecule has 1 saturated carbocycles. The number of nitrogens with zero attached hydrogens (tertiary/aromatic N) is 2. The fraction of sp³-hybridized carbons (Fsp3) is 0.538. The molecule has 0 spiro atoms. The molecule has 1 heterocycles. The number of nitriles is 1. The molecule has 1 aliphatic rings. The van der Waals surface area contributed by atoms with Crippen molar-refractivity contribution in [3.63, 3.8) is 0 Å². The Morgan fingerprint density at radius 3 is 2.89 bits per heavy atom. The molecule has 0 N–H and O–H groups in total. The predicted octanol–water partition coefficient (Wildman–Crippen LogP) is 2.67. The van der Waals surface area contributed by atoms with Gasteiger partial charge in [-0.3, -0.25) is 4.79 Å². The van der Waals surface area contributed by atoms with Crippen LogP contribution in [0.15, 0.2) is 11.4 Å². The summed E-state index contributed by atoms with van der Waals surface area (Å²) in [5.74, 6) is 0.656. The van der Waals surface area contributed by atoms with E-state index in [4.69, 9.17) is 10.00 Å². The molecule has 18 heavy (non-hydrogen) atoms. The van der Waals surface area contributed by atoms with E-state index in [1.54, 1.807) is 18.1 Å². The quantitative estimate of drug-likeness (QED) is 0.786. The Labute approximate surface area is 111 Å². The van der Waals surface area contributed by atoms with Gasteiger partial charge in [0, 0.05) is 17.5 Å². The second-order valence-electron chi connectivity index (χ2n) is 4.38. The number of hydrogen-bond donors (Lipinski definition) is 0. The van der Waals surface area contributed by atoms with Gasteiger partial charge in [-0.2, -0.15) is 5.26 Å². The molecule has 1 aromatic rings. The average Bonchev–Trinajstić information content (AvgIpc) is 3.05. The molecule has 0 aliphatic heterocycles. The fourth-order valence-electron chi connectivity index (χ4n) is 2.34. The maximum absolute atomic E-state index is 12.4. The van der Waals surface area contributed by atoms with E-state index in [2.05, 4.69) is 6.07 Å². The molecule has 0 bridgehead atoms. The number of carbonyl (C=O) groups is 1. The first kappa shape index (κ1) is 12.9. The van der Waals surface area contributed by atoms with Crippen LogP contribution < -0.4 is 4.74 Å². The van der Waals surface area contributed by atoms with Crippen molar-refractivity contribution in [2.45, 2.75) is 31.7 Å².